The van der Waals surface area contributed by atoms with Crippen molar-refractivity contribution in [2.24, 2.45) is 0 Å². The van der Waals surface area contributed by atoms with Gasteiger partial charge in [-0.15, -0.1) is 0 Å². The van der Waals surface area contributed by atoms with Crippen molar-refractivity contribution in [1.29, 1.82) is 0 Å². The van der Waals surface area contributed by atoms with E-state index in [1.54, 1.807) is 0 Å². The zero-order valence-corrected chi connectivity index (χ0v) is 11.1. The van der Waals surface area contributed by atoms with Gasteiger partial charge in [-0.1, -0.05) is 36.4 Å². The highest BCUT2D eigenvalue weighted by Crippen LogP contribution is 2.31. The molecule has 1 unspecified atom stereocenters. The summed E-state index contributed by atoms with van der Waals surface area (Å²) in [6.45, 7) is 3.96. The Hall–Kier alpha value is -2.06. The van der Waals surface area contributed by atoms with Crippen LogP contribution in [0.1, 0.15) is 28.8 Å². The number of hydrogen-bond acceptors (Lipinski definition) is 2. The maximum absolute atomic E-state index is 10.5. The minimum atomic E-state index is -0.723. The second kappa shape index (κ2) is 4.56. The van der Waals surface area contributed by atoms with E-state index in [1.807, 2.05) is 49.4 Å². The smallest absolute Gasteiger partial charge is 0.137 e. The van der Waals surface area contributed by atoms with Crippen molar-refractivity contribution in [3.63, 3.8) is 0 Å². The number of aryl methyl sites for hydroxylation is 2. The molecule has 1 N–H and O–H groups in total. The highest BCUT2D eigenvalue weighted by Gasteiger charge is 2.17. The second-order valence-corrected chi connectivity index (χ2v) is 4.87. The molecule has 0 radical (unpaired) electrons. The second-order valence-electron chi connectivity index (χ2n) is 4.87. The van der Waals surface area contributed by atoms with Crippen LogP contribution in [0.15, 0.2) is 52.9 Å². The van der Waals surface area contributed by atoms with Crippen LogP contribution in [0.3, 0.4) is 0 Å². The van der Waals surface area contributed by atoms with Crippen molar-refractivity contribution < 1.29 is 9.52 Å². The van der Waals surface area contributed by atoms with Gasteiger partial charge >= 0.3 is 0 Å². The van der Waals surface area contributed by atoms with Gasteiger partial charge in [-0.2, -0.15) is 0 Å². The van der Waals surface area contributed by atoms with E-state index in [4.69, 9.17) is 4.42 Å². The molecular formula is C17H16O2. The van der Waals surface area contributed by atoms with Gasteiger partial charge in [0.05, 0.1) is 0 Å². The number of aliphatic hydroxyl groups is 1. The van der Waals surface area contributed by atoms with Gasteiger partial charge in [0.15, 0.2) is 0 Å². The van der Waals surface area contributed by atoms with Crippen LogP contribution >= 0.6 is 0 Å². The van der Waals surface area contributed by atoms with Crippen molar-refractivity contribution >= 4 is 10.8 Å². The fourth-order valence-electron chi connectivity index (χ4n) is 2.47. The highest BCUT2D eigenvalue weighted by molar-refractivity contribution is 5.89. The SMILES string of the molecule is Cc1ccc(C(O)c2ccc(C)c3ccccc23)o1. The number of furan rings is 1. The Kier molecular flexibility index (Phi) is 2.88. The molecule has 0 amide bonds. The topological polar surface area (TPSA) is 33.4 Å². The lowest BCUT2D eigenvalue weighted by molar-refractivity contribution is 0.189. The van der Waals surface area contributed by atoms with E-state index in [1.165, 1.54) is 10.9 Å². The molecule has 0 bridgehead atoms. The van der Waals surface area contributed by atoms with Crippen LogP contribution in [-0.2, 0) is 0 Å². The van der Waals surface area contributed by atoms with E-state index >= 15 is 0 Å². The van der Waals surface area contributed by atoms with E-state index in [9.17, 15) is 5.11 Å². The maximum atomic E-state index is 10.5. The molecule has 1 heterocycles. The maximum Gasteiger partial charge on any atom is 0.137 e. The van der Waals surface area contributed by atoms with Crippen molar-refractivity contribution in [3.8, 4) is 0 Å². The molecule has 1 aromatic heterocycles. The molecule has 0 saturated carbocycles. The Labute approximate surface area is 112 Å². The van der Waals surface area contributed by atoms with Gasteiger partial charge in [0.25, 0.3) is 0 Å². The molecule has 0 aliphatic heterocycles. The van der Waals surface area contributed by atoms with Gasteiger partial charge in [-0.25, -0.2) is 0 Å². The summed E-state index contributed by atoms with van der Waals surface area (Å²) < 4.78 is 5.53. The van der Waals surface area contributed by atoms with Crippen LogP contribution in [0.2, 0.25) is 0 Å². The lowest BCUT2D eigenvalue weighted by Crippen LogP contribution is -1.99. The highest BCUT2D eigenvalue weighted by atomic mass is 16.4. The van der Waals surface area contributed by atoms with E-state index < -0.39 is 6.10 Å². The standard InChI is InChI=1S/C17H16O2/c1-11-7-9-15(14-6-4-3-5-13(11)14)17(18)16-10-8-12(2)19-16/h3-10,17-18H,1-2H3. The number of rotatable bonds is 2. The first-order valence-corrected chi connectivity index (χ1v) is 6.39. The summed E-state index contributed by atoms with van der Waals surface area (Å²) in [7, 11) is 0. The average Bonchev–Trinajstić information content (AvgIpc) is 2.86. The molecule has 2 heteroatoms. The molecule has 96 valence electrons. The number of fused-ring (bicyclic) bond motifs is 1. The van der Waals surface area contributed by atoms with Crippen molar-refractivity contribution in [2.45, 2.75) is 20.0 Å². The molecule has 1 atom stereocenters. The number of aliphatic hydroxyl groups excluding tert-OH is 1. The lowest BCUT2D eigenvalue weighted by atomic mass is 9.96. The predicted octanol–water partition coefficient (Wildman–Crippen LogP) is 4.13. The third-order valence-electron chi connectivity index (χ3n) is 3.50. The Balaban J connectivity index is 2.18. The van der Waals surface area contributed by atoms with E-state index in [0.717, 1.165) is 16.7 Å². The summed E-state index contributed by atoms with van der Waals surface area (Å²) in [4.78, 5) is 0. The molecule has 3 aromatic rings. The fourth-order valence-corrected chi connectivity index (χ4v) is 2.47. The summed E-state index contributed by atoms with van der Waals surface area (Å²) in [5.74, 6) is 1.40. The van der Waals surface area contributed by atoms with Crippen LogP contribution in [0.4, 0.5) is 0 Å². The zero-order valence-electron chi connectivity index (χ0n) is 11.1. The molecule has 0 spiro atoms. The van der Waals surface area contributed by atoms with Gasteiger partial charge in [0.1, 0.15) is 17.6 Å². The summed E-state index contributed by atoms with van der Waals surface area (Å²) in [5, 5.41) is 12.7. The largest absolute Gasteiger partial charge is 0.463 e. The molecular weight excluding hydrogens is 236 g/mol. The number of hydrogen-bond donors (Lipinski definition) is 1. The Morgan fingerprint density at radius 2 is 1.63 bits per heavy atom. The van der Waals surface area contributed by atoms with Crippen molar-refractivity contribution in [1.82, 2.24) is 0 Å². The summed E-state index contributed by atoms with van der Waals surface area (Å²) in [6.07, 6.45) is -0.723. The third kappa shape index (κ3) is 2.04. The molecule has 0 fully saturated rings. The monoisotopic (exact) mass is 252 g/mol. The molecule has 2 nitrogen and oxygen atoms in total. The van der Waals surface area contributed by atoms with Crippen LogP contribution in [0.25, 0.3) is 10.8 Å². The first-order chi connectivity index (χ1) is 9.16. The molecule has 0 aliphatic carbocycles. The van der Waals surface area contributed by atoms with E-state index in [2.05, 4.69) is 13.0 Å². The first-order valence-electron chi connectivity index (χ1n) is 6.39. The zero-order chi connectivity index (χ0) is 13.4. The quantitative estimate of drug-likeness (QED) is 0.744. The Morgan fingerprint density at radius 3 is 2.32 bits per heavy atom. The minimum Gasteiger partial charge on any atom is -0.463 e. The normalized spacial score (nSPS) is 12.8. The lowest BCUT2D eigenvalue weighted by Gasteiger charge is -2.13. The average molecular weight is 252 g/mol. The van der Waals surface area contributed by atoms with Gasteiger partial charge in [-0.05, 0) is 47.9 Å². The van der Waals surface area contributed by atoms with Gasteiger partial charge < -0.3 is 9.52 Å². The predicted molar refractivity (Wildman–Crippen MR) is 76.2 cm³/mol. The van der Waals surface area contributed by atoms with Crippen LogP contribution in [-0.4, -0.2) is 5.11 Å². The van der Waals surface area contributed by atoms with Crippen molar-refractivity contribution in [2.75, 3.05) is 0 Å². The third-order valence-corrected chi connectivity index (χ3v) is 3.50. The van der Waals surface area contributed by atoms with Crippen LogP contribution in [0.5, 0.6) is 0 Å². The van der Waals surface area contributed by atoms with Crippen LogP contribution < -0.4 is 0 Å². The van der Waals surface area contributed by atoms with E-state index in [-0.39, 0.29) is 0 Å². The Bertz CT molecular complexity index is 725. The molecule has 3 rings (SSSR count). The van der Waals surface area contributed by atoms with Gasteiger partial charge in [0, 0.05) is 0 Å². The molecule has 2 aromatic carbocycles. The molecule has 19 heavy (non-hydrogen) atoms. The molecule has 0 aliphatic rings. The van der Waals surface area contributed by atoms with Gasteiger partial charge in [0.2, 0.25) is 0 Å². The van der Waals surface area contributed by atoms with Crippen molar-refractivity contribution in [3.05, 3.63) is 71.2 Å². The Morgan fingerprint density at radius 1 is 0.895 bits per heavy atom. The number of benzene rings is 2. The summed E-state index contributed by atoms with van der Waals surface area (Å²) in [5.41, 5.74) is 2.10. The fraction of sp³-hybridized carbons (Fsp3) is 0.176. The van der Waals surface area contributed by atoms with E-state index in [0.29, 0.717) is 5.76 Å². The first kappa shape index (κ1) is 12.0. The molecule has 0 saturated heterocycles. The van der Waals surface area contributed by atoms with Gasteiger partial charge in [-0.3, -0.25) is 0 Å². The minimum absolute atomic E-state index is 0.589. The summed E-state index contributed by atoms with van der Waals surface area (Å²) >= 11 is 0. The van der Waals surface area contributed by atoms with Crippen LogP contribution in [0, 0.1) is 13.8 Å². The summed E-state index contributed by atoms with van der Waals surface area (Å²) in [6, 6.07) is 15.8.